The number of amides is 1. The number of carbonyl (C=O) groups is 6. The van der Waals surface area contributed by atoms with Crippen LogP contribution in [0.15, 0.2) is 96.1 Å². The molecule has 340 valence electrons. The predicted octanol–water partition coefficient (Wildman–Crippen LogP) is 3.74. The smallest absolute Gasteiger partial charge is 0.338 e. The Morgan fingerprint density at radius 3 is 2.00 bits per heavy atom. The molecule has 3 fully saturated rings. The lowest BCUT2D eigenvalue weighted by atomic mass is 9.44. The first-order chi connectivity index (χ1) is 30.2. The van der Waals surface area contributed by atoms with Crippen LogP contribution in [0.3, 0.4) is 0 Å². The second-order valence-corrected chi connectivity index (χ2v) is 17.7. The van der Waals surface area contributed by atoms with E-state index in [2.05, 4.69) is 5.32 Å². The Balaban J connectivity index is 1.38. The number of rotatable bonds is 11. The number of hydrogen-bond donors (Lipinski definition) is 4. The molecule has 1 amide bonds. The van der Waals surface area contributed by atoms with Gasteiger partial charge in [0.05, 0.1) is 42.8 Å². The third kappa shape index (κ3) is 7.65. The Labute approximate surface area is 369 Å². The average molecular weight is 884 g/mol. The molecular formula is C48H53NO15. The van der Waals surface area contributed by atoms with Gasteiger partial charge in [0.2, 0.25) is 0 Å². The van der Waals surface area contributed by atoms with E-state index < -0.39 is 113 Å². The summed E-state index contributed by atoms with van der Waals surface area (Å²) in [5, 5.41) is 40.4. The van der Waals surface area contributed by atoms with Gasteiger partial charge >= 0.3 is 23.9 Å². The van der Waals surface area contributed by atoms with Crippen LogP contribution in [-0.4, -0.2) is 112 Å². The van der Waals surface area contributed by atoms with Crippen molar-refractivity contribution in [1.82, 2.24) is 5.32 Å². The second kappa shape index (κ2) is 17.2. The van der Waals surface area contributed by atoms with E-state index in [1.165, 1.54) is 33.1 Å². The molecule has 16 heteroatoms. The molecule has 0 aromatic heterocycles. The molecular weight excluding hydrogens is 831 g/mol. The molecule has 2 bridgehead atoms. The normalized spacial score (nSPS) is 31.2. The van der Waals surface area contributed by atoms with Crippen molar-refractivity contribution < 1.29 is 72.5 Å². The minimum atomic E-state index is -2.41. The van der Waals surface area contributed by atoms with Crippen molar-refractivity contribution in [2.24, 2.45) is 16.7 Å². The third-order valence-corrected chi connectivity index (χ3v) is 13.8. The minimum Gasteiger partial charge on any atom is -0.497 e. The van der Waals surface area contributed by atoms with Crippen molar-refractivity contribution in [2.75, 3.05) is 13.7 Å². The number of hydrogen-bond acceptors (Lipinski definition) is 15. The van der Waals surface area contributed by atoms with Gasteiger partial charge in [0.1, 0.15) is 29.7 Å². The molecule has 0 spiro atoms. The van der Waals surface area contributed by atoms with E-state index in [4.69, 9.17) is 28.4 Å². The summed E-state index contributed by atoms with van der Waals surface area (Å²) in [6, 6.07) is 20.8. The number of nitrogens with one attached hydrogen (secondary N) is 1. The first kappa shape index (κ1) is 46.1. The average Bonchev–Trinajstić information content (AvgIpc) is 3.26. The number of benzene rings is 3. The van der Waals surface area contributed by atoms with Gasteiger partial charge in [-0.1, -0.05) is 62.4 Å². The molecule has 11 atom stereocenters. The fraction of sp³-hybridized carbons (Fsp3) is 0.458. The highest BCUT2D eigenvalue weighted by Gasteiger charge is 2.78. The summed E-state index contributed by atoms with van der Waals surface area (Å²) < 4.78 is 35.6. The molecule has 16 nitrogen and oxygen atoms in total. The molecule has 3 aromatic rings. The Bertz CT molecular complexity index is 2350. The summed E-state index contributed by atoms with van der Waals surface area (Å²) in [4.78, 5) is 83.8. The summed E-state index contributed by atoms with van der Waals surface area (Å²) in [6.07, 6.45) is -10.7. The number of fused-ring (bicyclic) bond motifs is 5. The Morgan fingerprint density at radius 2 is 1.45 bits per heavy atom. The van der Waals surface area contributed by atoms with E-state index in [-0.39, 0.29) is 35.3 Å². The molecule has 4 N–H and O–H groups in total. The largest absolute Gasteiger partial charge is 0.497 e. The van der Waals surface area contributed by atoms with Crippen LogP contribution >= 0.6 is 0 Å². The number of aliphatic hydroxyl groups is 3. The SMILES string of the molecule is COc1ccc([C@H](NC(=O)c2ccccc2)[C@@H](O)C(=O)O[C@H]2C[C@@]3(O)[C@@H](OC(=O)c4ccccc4)[C@@H]4[C@]5(OC(C)=O)CO[C@@H]5C[C@H](O)[C@@]4(C)C(=O)[C@H](OC(C)=O)C(=C2C)C3(C)C)cc1. The minimum absolute atomic E-state index is 0.0148. The van der Waals surface area contributed by atoms with Crippen molar-refractivity contribution in [2.45, 2.75) is 108 Å². The Kier molecular flexibility index (Phi) is 12.4. The van der Waals surface area contributed by atoms with E-state index >= 15 is 4.79 Å². The van der Waals surface area contributed by atoms with Crippen molar-refractivity contribution in [1.29, 1.82) is 0 Å². The van der Waals surface area contributed by atoms with E-state index in [1.54, 1.807) is 86.6 Å². The van der Waals surface area contributed by atoms with E-state index in [0.29, 0.717) is 11.3 Å². The van der Waals surface area contributed by atoms with Crippen molar-refractivity contribution >= 4 is 35.6 Å². The van der Waals surface area contributed by atoms with Gasteiger partial charge in [-0.25, -0.2) is 9.59 Å². The molecule has 4 aliphatic rings. The van der Waals surface area contributed by atoms with E-state index in [0.717, 1.165) is 13.8 Å². The number of methoxy groups -OCH3 is 1. The Morgan fingerprint density at radius 1 is 0.844 bits per heavy atom. The maximum absolute atomic E-state index is 15.5. The lowest BCUT2D eigenvalue weighted by Crippen LogP contribution is -2.82. The van der Waals surface area contributed by atoms with E-state index in [1.807, 2.05) is 0 Å². The number of aliphatic hydroxyl groups excluding tert-OH is 2. The molecule has 1 aliphatic heterocycles. The first-order valence-corrected chi connectivity index (χ1v) is 21.0. The fourth-order valence-electron chi connectivity index (χ4n) is 10.3. The number of ketones is 1. The highest BCUT2D eigenvalue weighted by molar-refractivity contribution is 5.96. The zero-order chi connectivity index (χ0) is 46.5. The van der Waals surface area contributed by atoms with Gasteiger partial charge in [-0.05, 0) is 67.0 Å². The number of ether oxygens (including phenoxy) is 6. The summed E-state index contributed by atoms with van der Waals surface area (Å²) >= 11 is 0. The maximum Gasteiger partial charge on any atom is 0.338 e. The molecule has 1 heterocycles. The van der Waals surface area contributed by atoms with Crippen LogP contribution in [0.5, 0.6) is 5.75 Å². The molecule has 0 radical (unpaired) electrons. The van der Waals surface area contributed by atoms with Crippen LogP contribution in [-0.2, 0) is 42.9 Å². The van der Waals surface area contributed by atoms with Gasteiger partial charge < -0.3 is 49.1 Å². The molecule has 2 saturated carbocycles. The van der Waals surface area contributed by atoms with Crippen LogP contribution in [0, 0.1) is 16.7 Å². The van der Waals surface area contributed by atoms with Crippen molar-refractivity contribution in [3.63, 3.8) is 0 Å². The number of Topliss-reactive ketones (excluding diaryl/α,β-unsaturated/α-hetero) is 1. The highest BCUT2D eigenvalue weighted by Crippen LogP contribution is 2.64. The van der Waals surface area contributed by atoms with Crippen LogP contribution in [0.4, 0.5) is 0 Å². The zero-order valence-corrected chi connectivity index (χ0v) is 36.6. The first-order valence-electron chi connectivity index (χ1n) is 21.0. The van der Waals surface area contributed by atoms with Crippen molar-refractivity contribution in [3.8, 4) is 5.75 Å². The van der Waals surface area contributed by atoms with Crippen LogP contribution in [0.25, 0.3) is 0 Å². The molecule has 0 unspecified atom stereocenters. The van der Waals surface area contributed by atoms with E-state index in [9.17, 15) is 39.3 Å². The molecule has 7 rings (SSSR count). The summed E-state index contributed by atoms with van der Waals surface area (Å²) in [5.41, 5.74) is -7.19. The summed E-state index contributed by atoms with van der Waals surface area (Å²) in [7, 11) is 1.46. The van der Waals surface area contributed by atoms with Crippen LogP contribution in [0.1, 0.15) is 86.7 Å². The fourth-order valence-corrected chi connectivity index (χ4v) is 10.3. The standard InChI is InChI=1S/C48H53NO15/c1-25-32(62-44(57)37(53)36(28-18-20-31(59-7)21-19-28)49-42(55)29-14-10-8-11-15-29)23-48(58)41(63-43(56)30-16-12-9-13-17-30)39-46(6,33(52)22-34-47(39,24-60-34)64-27(3)51)40(54)38(61-26(2)50)35(25)45(48,4)5/h8-21,32-34,36-39,41,52-53,58H,22-24H2,1-7H3,(H,49,55)/t32-,33-,34+,36-,37+,38+,39-,41-,46+,47-,48+/m0/s1. The van der Waals surface area contributed by atoms with Crippen LogP contribution in [0.2, 0.25) is 0 Å². The van der Waals surface area contributed by atoms with Gasteiger partial charge in [0.15, 0.2) is 23.6 Å². The summed E-state index contributed by atoms with van der Waals surface area (Å²) in [5.74, 6) is -6.47. The van der Waals surface area contributed by atoms with Crippen molar-refractivity contribution in [3.05, 3.63) is 113 Å². The van der Waals surface area contributed by atoms with Gasteiger partial charge in [-0.3, -0.25) is 19.2 Å². The summed E-state index contributed by atoms with van der Waals surface area (Å²) in [6.45, 7) is 7.94. The quantitative estimate of drug-likeness (QED) is 0.122. The number of carbonyl (C=O) groups excluding carboxylic acids is 6. The lowest BCUT2D eigenvalue weighted by Gasteiger charge is -2.67. The van der Waals surface area contributed by atoms with Gasteiger partial charge in [-0.15, -0.1) is 0 Å². The molecule has 3 aromatic carbocycles. The Hall–Kier alpha value is -5.94. The van der Waals surface area contributed by atoms with Gasteiger partial charge in [0.25, 0.3) is 5.91 Å². The molecule has 1 saturated heterocycles. The predicted molar refractivity (Wildman–Crippen MR) is 224 cm³/mol. The number of esters is 4. The maximum atomic E-state index is 15.5. The van der Waals surface area contributed by atoms with Gasteiger partial charge in [-0.2, -0.15) is 0 Å². The lowest BCUT2D eigenvalue weighted by molar-refractivity contribution is -0.346. The molecule has 3 aliphatic carbocycles. The monoisotopic (exact) mass is 883 g/mol. The second-order valence-electron chi connectivity index (χ2n) is 17.7. The topological polar surface area (TPSA) is 231 Å². The molecule has 64 heavy (non-hydrogen) atoms. The van der Waals surface area contributed by atoms with Crippen LogP contribution < -0.4 is 10.1 Å². The zero-order valence-electron chi connectivity index (χ0n) is 36.6. The van der Waals surface area contributed by atoms with Gasteiger partial charge in [0, 0.05) is 37.7 Å². The highest BCUT2D eigenvalue weighted by atomic mass is 16.6. The third-order valence-electron chi connectivity index (χ3n) is 13.8.